The molecular formula is C10H13N3O. The van der Waals surface area contributed by atoms with E-state index in [9.17, 15) is 4.79 Å². The first-order chi connectivity index (χ1) is 6.79. The van der Waals surface area contributed by atoms with Crippen molar-refractivity contribution in [3.05, 3.63) is 18.0 Å². The Labute approximate surface area is 82.6 Å². The Hall–Kier alpha value is -1.45. The fourth-order valence-corrected chi connectivity index (χ4v) is 1.68. The zero-order chi connectivity index (χ0) is 9.97. The maximum absolute atomic E-state index is 11.9. The molecule has 1 aliphatic rings. The summed E-state index contributed by atoms with van der Waals surface area (Å²) in [5.41, 5.74) is 0.670. The lowest BCUT2D eigenvalue weighted by atomic mass is 9.95. The smallest absolute Gasteiger partial charge is 0.189 e. The molecule has 1 unspecified atom stereocenters. The van der Waals surface area contributed by atoms with Crippen molar-refractivity contribution in [2.75, 3.05) is 6.54 Å². The van der Waals surface area contributed by atoms with Gasteiger partial charge >= 0.3 is 0 Å². The molecule has 1 atom stereocenters. The van der Waals surface area contributed by atoms with Crippen LogP contribution in [0.1, 0.15) is 23.3 Å². The molecule has 4 nitrogen and oxygen atoms in total. The number of aliphatic imine (C=N–C) groups is 1. The number of nitrogens with zero attached hydrogens (tertiary/aromatic N) is 3. The highest BCUT2D eigenvalue weighted by Crippen LogP contribution is 2.15. The summed E-state index contributed by atoms with van der Waals surface area (Å²) < 4.78 is 1.62. The van der Waals surface area contributed by atoms with Crippen LogP contribution in [0.15, 0.2) is 17.3 Å². The minimum atomic E-state index is -0.0425. The molecule has 0 radical (unpaired) electrons. The first-order valence-electron chi connectivity index (χ1n) is 4.81. The summed E-state index contributed by atoms with van der Waals surface area (Å²) in [6, 6.07) is 1.75. The van der Waals surface area contributed by atoms with Crippen LogP contribution in [0.25, 0.3) is 0 Å². The molecule has 14 heavy (non-hydrogen) atoms. The molecule has 0 aliphatic carbocycles. The highest BCUT2D eigenvalue weighted by Gasteiger charge is 2.21. The van der Waals surface area contributed by atoms with E-state index in [1.54, 1.807) is 30.2 Å². The standard InChI is InChI=1S/C10H13N3O/c1-13-9(4-6-12-13)10(14)8-3-2-5-11-7-8/h4,6-8H,2-3,5H2,1H3. The summed E-state index contributed by atoms with van der Waals surface area (Å²) in [6.45, 7) is 0.856. The predicted molar refractivity (Wildman–Crippen MR) is 53.6 cm³/mol. The Kier molecular flexibility index (Phi) is 2.43. The van der Waals surface area contributed by atoms with Crippen LogP contribution in [0, 0.1) is 5.92 Å². The number of carbonyl (C=O) groups excluding carboxylic acids is 1. The van der Waals surface area contributed by atoms with Gasteiger partial charge in [-0.15, -0.1) is 0 Å². The topological polar surface area (TPSA) is 47.2 Å². The zero-order valence-electron chi connectivity index (χ0n) is 8.18. The third kappa shape index (κ3) is 1.60. The summed E-state index contributed by atoms with van der Waals surface area (Å²) in [6.07, 6.45) is 5.34. The normalized spacial score (nSPS) is 21.1. The van der Waals surface area contributed by atoms with Crippen molar-refractivity contribution in [2.45, 2.75) is 12.8 Å². The lowest BCUT2D eigenvalue weighted by Gasteiger charge is -2.13. The Morgan fingerprint density at radius 1 is 1.64 bits per heavy atom. The minimum Gasteiger partial charge on any atom is -0.297 e. The van der Waals surface area contributed by atoms with Crippen LogP contribution in [-0.4, -0.2) is 28.3 Å². The molecule has 0 fully saturated rings. The van der Waals surface area contributed by atoms with Crippen LogP contribution in [0.4, 0.5) is 0 Å². The first-order valence-corrected chi connectivity index (χ1v) is 4.81. The summed E-state index contributed by atoms with van der Waals surface area (Å²) in [5, 5.41) is 3.98. The third-order valence-corrected chi connectivity index (χ3v) is 2.50. The molecular weight excluding hydrogens is 178 g/mol. The fourth-order valence-electron chi connectivity index (χ4n) is 1.68. The van der Waals surface area contributed by atoms with Crippen molar-refractivity contribution in [1.82, 2.24) is 9.78 Å². The lowest BCUT2D eigenvalue weighted by molar-refractivity contribution is 0.0940. The van der Waals surface area contributed by atoms with Crippen LogP contribution >= 0.6 is 0 Å². The number of ketones is 1. The molecule has 0 spiro atoms. The van der Waals surface area contributed by atoms with Gasteiger partial charge in [-0.05, 0) is 18.9 Å². The minimum absolute atomic E-state index is 0.0425. The second-order valence-corrected chi connectivity index (χ2v) is 3.51. The maximum atomic E-state index is 11.9. The van der Waals surface area contributed by atoms with Gasteiger partial charge in [0.15, 0.2) is 5.78 Å². The molecule has 1 aliphatic heterocycles. The van der Waals surface area contributed by atoms with Gasteiger partial charge in [-0.1, -0.05) is 0 Å². The molecule has 0 saturated heterocycles. The van der Waals surface area contributed by atoms with Gasteiger partial charge in [0.05, 0.1) is 5.92 Å². The summed E-state index contributed by atoms with van der Waals surface area (Å²) >= 11 is 0. The maximum Gasteiger partial charge on any atom is 0.189 e. The first kappa shape index (κ1) is 9.12. The number of Topliss-reactive ketones (excluding diaryl/α,β-unsaturated/α-hetero) is 1. The number of aryl methyl sites for hydroxylation is 1. The Morgan fingerprint density at radius 2 is 2.50 bits per heavy atom. The van der Waals surface area contributed by atoms with Gasteiger partial charge in [-0.25, -0.2) is 0 Å². The molecule has 2 heterocycles. The zero-order valence-corrected chi connectivity index (χ0v) is 8.18. The molecule has 0 aromatic carbocycles. The molecule has 0 N–H and O–H groups in total. The molecule has 0 bridgehead atoms. The molecule has 1 aromatic rings. The van der Waals surface area contributed by atoms with E-state index in [4.69, 9.17) is 0 Å². The van der Waals surface area contributed by atoms with Crippen LogP contribution in [-0.2, 0) is 7.05 Å². The molecule has 74 valence electrons. The van der Waals surface area contributed by atoms with E-state index < -0.39 is 0 Å². The van der Waals surface area contributed by atoms with E-state index >= 15 is 0 Å². The Balaban J connectivity index is 2.19. The van der Waals surface area contributed by atoms with Crippen molar-refractivity contribution in [3.63, 3.8) is 0 Å². The van der Waals surface area contributed by atoms with E-state index in [1.807, 2.05) is 0 Å². The van der Waals surface area contributed by atoms with Gasteiger partial charge in [-0.2, -0.15) is 5.10 Å². The molecule has 0 amide bonds. The lowest BCUT2D eigenvalue weighted by Crippen LogP contribution is -2.21. The van der Waals surface area contributed by atoms with E-state index in [2.05, 4.69) is 10.1 Å². The van der Waals surface area contributed by atoms with E-state index in [0.29, 0.717) is 5.69 Å². The highest BCUT2D eigenvalue weighted by atomic mass is 16.1. The van der Waals surface area contributed by atoms with Crippen LogP contribution in [0.3, 0.4) is 0 Å². The second-order valence-electron chi connectivity index (χ2n) is 3.51. The van der Waals surface area contributed by atoms with Crippen LogP contribution in [0.2, 0.25) is 0 Å². The molecule has 1 aromatic heterocycles. The Bertz CT molecular complexity index is 367. The van der Waals surface area contributed by atoms with E-state index in [0.717, 1.165) is 19.4 Å². The van der Waals surface area contributed by atoms with E-state index in [1.165, 1.54) is 0 Å². The van der Waals surface area contributed by atoms with Crippen LogP contribution in [0.5, 0.6) is 0 Å². The number of aromatic nitrogens is 2. The predicted octanol–water partition coefficient (Wildman–Crippen LogP) is 1.08. The van der Waals surface area contributed by atoms with Gasteiger partial charge in [-0.3, -0.25) is 14.5 Å². The summed E-state index contributed by atoms with van der Waals surface area (Å²) in [7, 11) is 1.78. The number of carbonyl (C=O) groups is 1. The monoisotopic (exact) mass is 191 g/mol. The largest absolute Gasteiger partial charge is 0.297 e. The van der Waals surface area contributed by atoms with Crippen molar-refractivity contribution in [3.8, 4) is 0 Å². The number of rotatable bonds is 2. The highest BCUT2D eigenvalue weighted by molar-refractivity contribution is 6.05. The SMILES string of the molecule is Cn1nccc1C(=O)C1C=NCCC1. The van der Waals surface area contributed by atoms with E-state index in [-0.39, 0.29) is 11.7 Å². The second kappa shape index (κ2) is 3.74. The van der Waals surface area contributed by atoms with Crippen molar-refractivity contribution < 1.29 is 4.79 Å². The fraction of sp³-hybridized carbons (Fsp3) is 0.500. The molecule has 0 saturated carbocycles. The average Bonchev–Trinajstić information content (AvgIpc) is 2.65. The number of hydrogen-bond acceptors (Lipinski definition) is 3. The van der Waals surface area contributed by atoms with Crippen LogP contribution < -0.4 is 0 Å². The molecule has 2 rings (SSSR count). The van der Waals surface area contributed by atoms with Crippen molar-refractivity contribution in [1.29, 1.82) is 0 Å². The number of hydrogen-bond donors (Lipinski definition) is 0. The van der Waals surface area contributed by atoms with Gasteiger partial charge < -0.3 is 0 Å². The van der Waals surface area contributed by atoms with Gasteiger partial charge in [0.1, 0.15) is 5.69 Å². The van der Waals surface area contributed by atoms with Crippen molar-refractivity contribution in [2.24, 2.45) is 18.0 Å². The van der Waals surface area contributed by atoms with Gasteiger partial charge in [0.25, 0.3) is 0 Å². The Morgan fingerprint density at radius 3 is 3.07 bits per heavy atom. The third-order valence-electron chi connectivity index (χ3n) is 2.50. The van der Waals surface area contributed by atoms with Crippen molar-refractivity contribution >= 4 is 12.0 Å². The molecule has 4 heteroatoms. The summed E-state index contributed by atoms with van der Waals surface area (Å²) in [4.78, 5) is 16.1. The van der Waals surface area contributed by atoms with Gasteiger partial charge in [0.2, 0.25) is 0 Å². The summed E-state index contributed by atoms with van der Waals surface area (Å²) in [5.74, 6) is 0.0904. The average molecular weight is 191 g/mol. The quantitative estimate of drug-likeness (QED) is 0.657. The van der Waals surface area contributed by atoms with Gasteiger partial charge in [0, 0.05) is 26.0 Å².